The Hall–Kier alpha value is -1.44. The van der Waals surface area contributed by atoms with Gasteiger partial charge in [0.1, 0.15) is 5.76 Å². The van der Waals surface area contributed by atoms with Crippen LogP contribution >= 0.6 is 23.1 Å². The molecule has 1 aliphatic heterocycles. The van der Waals surface area contributed by atoms with Gasteiger partial charge in [-0.25, -0.2) is 4.79 Å². The van der Waals surface area contributed by atoms with Crippen molar-refractivity contribution in [3.63, 3.8) is 0 Å². The van der Waals surface area contributed by atoms with Crippen LogP contribution in [-0.4, -0.2) is 42.1 Å². The Labute approximate surface area is 138 Å². The van der Waals surface area contributed by atoms with Gasteiger partial charge in [-0.05, 0) is 29.6 Å². The summed E-state index contributed by atoms with van der Waals surface area (Å²) in [5, 5.41) is 8.58. The van der Waals surface area contributed by atoms with Crippen LogP contribution in [0.4, 0.5) is 9.80 Å². The largest absolute Gasteiger partial charge is 0.468 e. The Morgan fingerprint density at radius 1 is 1.32 bits per heavy atom. The fourth-order valence-corrected chi connectivity index (χ4v) is 4.02. The molecular formula is C15H19N3O2S2. The highest BCUT2D eigenvalue weighted by Gasteiger charge is 2.25. The number of hydrogen-bond donors (Lipinski definition) is 2. The maximum atomic E-state index is 12.0. The maximum Gasteiger partial charge on any atom is 0.319 e. The van der Waals surface area contributed by atoms with Crippen molar-refractivity contribution >= 4 is 34.1 Å². The minimum atomic E-state index is -0.176. The summed E-state index contributed by atoms with van der Waals surface area (Å²) in [6.45, 7) is 2.57. The second-order valence-electron chi connectivity index (χ2n) is 4.99. The maximum absolute atomic E-state index is 12.0. The van der Waals surface area contributed by atoms with E-state index in [1.54, 1.807) is 6.26 Å². The van der Waals surface area contributed by atoms with E-state index in [9.17, 15) is 4.79 Å². The van der Waals surface area contributed by atoms with Crippen molar-refractivity contribution in [3.8, 4) is 0 Å². The van der Waals surface area contributed by atoms with Gasteiger partial charge in [-0.2, -0.15) is 11.8 Å². The summed E-state index contributed by atoms with van der Waals surface area (Å²) in [5.41, 5.74) is 0. The van der Waals surface area contributed by atoms with Crippen LogP contribution in [0.25, 0.3) is 0 Å². The summed E-state index contributed by atoms with van der Waals surface area (Å²) in [5.74, 6) is 3.15. The number of thioether (sulfide) groups is 1. The molecule has 0 saturated carbocycles. The fraction of sp³-hybridized carbons (Fsp3) is 0.400. The third-order valence-electron chi connectivity index (χ3n) is 3.57. The number of carbonyl (C=O) groups is 1. The number of nitrogens with one attached hydrogen (secondary N) is 2. The van der Waals surface area contributed by atoms with Crippen LogP contribution in [0.5, 0.6) is 0 Å². The summed E-state index contributed by atoms with van der Waals surface area (Å²) < 4.78 is 5.57. The molecular weight excluding hydrogens is 318 g/mol. The molecule has 1 aliphatic rings. The van der Waals surface area contributed by atoms with Crippen molar-refractivity contribution in [2.24, 2.45) is 0 Å². The lowest BCUT2D eigenvalue weighted by atomic mass is 10.2. The minimum Gasteiger partial charge on any atom is -0.468 e. The van der Waals surface area contributed by atoms with E-state index in [4.69, 9.17) is 4.42 Å². The summed E-state index contributed by atoms with van der Waals surface area (Å²) in [7, 11) is 0. The summed E-state index contributed by atoms with van der Waals surface area (Å²) in [6.07, 6.45) is 1.69. The zero-order chi connectivity index (χ0) is 15.2. The number of hydrogen-bond acceptors (Lipinski definition) is 5. The standard InChI is InChI=1S/C15H19N3O2S2/c19-15(17-14-4-2-8-22-14)16-11-12(13-3-1-7-20-13)18-5-9-21-10-6-18/h1-4,7-8,12H,5-6,9-11H2,(H2,16,17,19). The Kier molecular flexibility index (Phi) is 5.42. The summed E-state index contributed by atoms with van der Waals surface area (Å²) in [4.78, 5) is 14.4. The molecule has 0 aromatic carbocycles. The number of amides is 2. The van der Waals surface area contributed by atoms with Crippen LogP contribution in [0.15, 0.2) is 40.3 Å². The van der Waals surface area contributed by atoms with E-state index < -0.39 is 0 Å². The highest BCUT2D eigenvalue weighted by Crippen LogP contribution is 2.24. The van der Waals surface area contributed by atoms with Crippen LogP contribution in [0, 0.1) is 0 Å². The van der Waals surface area contributed by atoms with Gasteiger partial charge < -0.3 is 9.73 Å². The van der Waals surface area contributed by atoms with Crippen molar-refractivity contribution in [1.82, 2.24) is 10.2 Å². The molecule has 2 N–H and O–H groups in total. The molecule has 3 rings (SSSR count). The molecule has 1 unspecified atom stereocenters. The van der Waals surface area contributed by atoms with E-state index in [0.29, 0.717) is 6.54 Å². The zero-order valence-corrected chi connectivity index (χ0v) is 13.8. The third-order valence-corrected chi connectivity index (χ3v) is 5.30. The molecule has 0 aliphatic carbocycles. The van der Waals surface area contributed by atoms with Crippen LogP contribution in [0.2, 0.25) is 0 Å². The lowest BCUT2D eigenvalue weighted by molar-refractivity contribution is 0.187. The predicted molar refractivity (Wildman–Crippen MR) is 91.7 cm³/mol. The second-order valence-corrected chi connectivity index (χ2v) is 7.16. The minimum absolute atomic E-state index is 0.0879. The Bertz CT molecular complexity index is 566. The van der Waals surface area contributed by atoms with Crippen LogP contribution in [0.1, 0.15) is 11.8 Å². The Morgan fingerprint density at radius 2 is 2.18 bits per heavy atom. The first-order valence-corrected chi connectivity index (χ1v) is 9.30. The summed E-state index contributed by atoms with van der Waals surface area (Å²) >= 11 is 3.48. The Balaban J connectivity index is 1.59. The van der Waals surface area contributed by atoms with Gasteiger partial charge in [-0.15, -0.1) is 11.3 Å². The van der Waals surface area contributed by atoms with Crippen LogP contribution in [0.3, 0.4) is 0 Å². The molecule has 1 saturated heterocycles. The average Bonchev–Trinajstić information content (AvgIpc) is 3.22. The predicted octanol–water partition coefficient (Wildman–Crippen LogP) is 3.25. The van der Waals surface area contributed by atoms with Gasteiger partial charge in [0.15, 0.2) is 0 Å². The van der Waals surface area contributed by atoms with E-state index in [1.165, 1.54) is 11.3 Å². The van der Waals surface area contributed by atoms with Crippen molar-refractivity contribution in [1.29, 1.82) is 0 Å². The first kappa shape index (κ1) is 15.5. The molecule has 5 nitrogen and oxygen atoms in total. The van der Waals surface area contributed by atoms with E-state index in [2.05, 4.69) is 15.5 Å². The zero-order valence-electron chi connectivity index (χ0n) is 12.2. The number of anilines is 1. The highest BCUT2D eigenvalue weighted by atomic mass is 32.2. The normalized spacial score (nSPS) is 17.1. The number of rotatable bonds is 5. The molecule has 3 heterocycles. The molecule has 0 spiro atoms. The van der Waals surface area contributed by atoms with E-state index in [0.717, 1.165) is 35.4 Å². The molecule has 1 atom stereocenters. The number of nitrogens with zero attached hydrogens (tertiary/aromatic N) is 1. The third kappa shape index (κ3) is 4.06. The topological polar surface area (TPSA) is 57.5 Å². The molecule has 22 heavy (non-hydrogen) atoms. The molecule has 2 aromatic rings. The average molecular weight is 337 g/mol. The monoisotopic (exact) mass is 337 g/mol. The molecule has 1 fully saturated rings. The van der Waals surface area contributed by atoms with Crippen molar-refractivity contribution < 1.29 is 9.21 Å². The molecule has 2 amide bonds. The van der Waals surface area contributed by atoms with Gasteiger partial charge in [-0.3, -0.25) is 10.2 Å². The molecule has 0 bridgehead atoms. The molecule has 7 heteroatoms. The van der Waals surface area contributed by atoms with E-state index in [-0.39, 0.29) is 12.1 Å². The van der Waals surface area contributed by atoms with Gasteiger partial charge in [0, 0.05) is 31.1 Å². The number of thiophene rings is 1. The Morgan fingerprint density at radius 3 is 2.86 bits per heavy atom. The second kappa shape index (κ2) is 7.71. The van der Waals surface area contributed by atoms with Crippen molar-refractivity contribution in [2.75, 3.05) is 36.5 Å². The number of urea groups is 1. The van der Waals surface area contributed by atoms with Gasteiger partial charge in [0.05, 0.1) is 17.3 Å². The van der Waals surface area contributed by atoms with E-state index in [1.807, 2.05) is 41.4 Å². The quantitative estimate of drug-likeness (QED) is 0.879. The van der Waals surface area contributed by atoms with Crippen LogP contribution < -0.4 is 10.6 Å². The number of carbonyl (C=O) groups excluding carboxylic acids is 1. The molecule has 0 radical (unpaired) electrons. The van der Waals surface area contributed by atoms with Crippen LogP contribution in [-0.2, 0) is 0 Å². The smallest absolute Gasteiger partial charge is 0.319 e. The lowest BCUT2D eigenvalue weighted by Gasteiger charge is -2.33. The SMILES string of the molecule is O=C(NCC(c1ccco1)N1CCSCC1)Nc1cccs1. The van der Waals surface area contributed by atoms with Crippen molar-refractivity contribution in [3.05, 3.63) is 41.7 Å². The number of furan rings is 1. The van der Waals surface area contributed by atoms with Gasteiger partial charge in [0.25, 0.3) is 0 Å². The summed E-state index contributed by atoms with van der Waals surface area (Å²) in [6, 6.07) is 7.58. The van der Waals surface area contributed by atoms with Crippen molar-refractivity contribution in [2.45, 2.75) is 6.04 Å². The molecule has 2 aromatic heterocycles. The molecule has 118 valence electrons. The van der Waals surface area contributed by atoms with Gasteiger partial charge in [0.2, 0.25) is 0 Å². The van der Waals surface area contributed by atoms with Gasteiger partial charge in [-0.1, -0.05) is 0 Å². The first-order chi connectivity index (χ1) is 10.8. The van der Waals surface area contributed by atoms with E-state index >= 15 is 0 Å². The van der Waals surface area contributed by atoms with Gasteiger partial charge >= 0.3 is 6.03 Å². The highest BCUT2D eigenvalue weighted by molar-refractivity contribution is 7.99. The first-order valence-electron chi connectivity index (χ1n) is 7.26. The lowest BCUT2D eigenvalue weighted by Crippen LogP contribution is -2.42. The fourth-order valence-electron chi connectivity index (χ4n) is 2.47.